The number of nitrogens with one attached hydrogen (secondary N) is 1. The Balaban J connectivity index is 1.96. The molecule has 1 aliphatic rings. The number of rotatable bonds is 8. The monoisotopic (exact) mass is 549 g/mol. The maximum Gasteiger partial charge on any atom is 0.408 e. The molecule has 35 heavy (non-hydrogen) atoms. The molecule has 1 N–H and O–H groups in total. The first-order valence-electron chi connectivity index (χ1n) is 11.0. The summed E-state index contributed by atoms with van der Waals surface area (Å²) in [6.45, 7) is 3.69. The van der Waals surface area contributed by atoms with E-state index in [0.717, 1.165) is 0 Å². The lowest BCUT2D eigenvalue weighted by molar-refractivity contribution is -0.144. The van der Waals surface area contributed by atoms with Gasteiger partial charge in [-0.15, -0.1) is 0 Å². The van der Waals surface area contributed by atoms with E-state index in [4.69, 9.17) is 23.7 Å². The predicted molar refractivity (Wildman–Crippen MR) is 130 cm³/mol. The fourth-order valence-corrected chi connectivity index (χ4v) is 4.27. The smallest absolute Gasteiger partial charge is 0.408 e. The van der Waals surface area contributed by atoms with E-state index in [1.165, 1.54) is 27.4 Å². The van der Waals surface area contributed by atoms with Gasteiger partial charge in [-0.25, -0.2) is 9.59 Å². The maximum absolute atomic E-state index is 13.5. The van der Waals surface area contributed by atoms with Gasteiger partial charge in [-0.3, -0.25) is 4.79 Å². The van der Waals surface area contributed by atoms with Crippen LogP contribution >= 0.6 is 15.9 Å². The van der Waals surface area contributed by atoms with Crippen LogP contribution in [-0.4, -0.2) is 51.3 Å². The van der Waals surface area contributed by atoms with Crippen LogP contribution in [0.25, 0.3) is 0 Å². The summed E-state index contributed by atoms with van der Waals surface area (Å²) in [5.74, 6) is 0.0955. The molecule has 9 nitrogen and oxygen atoms in total. The number of ketones is 1. The standard InChI is InChI=1S/C25H28BrNO8/c1-6-13(2)20(24(29)33-5)27-25(30)35-23-21(28)16-12-15(31-3)8-10-18(16)34-22(23)14-7-9-19(32-4)17(26)11-14/h7-13,20,22-23H,6H2,1-5H3,(H,27,30)/t13-,20+,22-,23?/m0/s1. The second kappa shape index (κ2) is 11.4. The van der Waals surface area contributed by atoms with Gasteiger partial charge in [0.25, 0.3) is 0 Å². The van der Waals surface area contributed by atoms with Gasteiger partial charge in [0.05, 0.1) is 31.4 Å². The molecule has 1 unspecified atom stereocenters. The van der Waals surface area contributed by atoms with Crippen molar-refractivity contribution in [2.75, 3.05) is 21.3 Å². The molecule has 1 amide bonds. The number of benzene rings is 2. The Kier molecular flexibility index (Phi) is 8.61. The molecule has 188 valence electrons. The highest BCUT2D eigenvalue weighted by molar-refractivity contribution is 9.10. The van der Waals surface area contributed by atoms with Crippen molar-refractivity contribution in [2.24, 2.45) is 5.92 Å². The number of hydrogen-bond acceptors (Lipinski definition) is 8. The number of halogens is 1. The molecule has 4 atom stereocenters. The molecule has 1 heterocycles. The van der Waals surface area contributed by atoms with Crippen molar-refractivity contribution in [3.8, 4) is 17.2 Å². The van der Waals surface area contributed by atoms with Crippen molar-refractivity contribution in [3.63, 3.8) is 0 Å². The summed E-state index contributed by atoms with van der Waals surface area (Å²) in [7, 11) is 4.26. The molecule has 0 radical (unpaired) electrons. The van der Waals surface area contributed by atoms with Crippen LogP contribution in [0, 0.1) is 5.92 Å². The van der Waals surface area contributed by atoms with Crippen LogP contribution in [-0.2, 0) is 14.3 Å². The number of fused-ring (bicyclic) bond motifs is 1. The van der Waals surface area contributed by atoms with Crippen molar-refractivity contribution in [2.45, 2.75) is 38.5 Å². The molecule has 1 aliphatic heterocycles. The number of hydrogen-bond donors (Lipinski definition) is 1. The third-order valence-electron chi connectivity index (χ3n) is 5.92. The van der Waals surface area contributed by atoms with Crippen LogP contribution in [0.15, 0.2) is 40.9 Å². The third kappa shape index (κ3) is 5.70. The van der Waals surface area contributed by atoms with Gasteiger partial charge in [-0.05, 0) is 57.7 Å². The summed E-state index contributed by atoms with van der Waals surface area (Å²) in [6.07, 6.45) is -2.60. The molecule has 3 rings (SSSR count). The van der Waals surface area contributed by atoms with Crippen molar-refractivity contribution >= 4 is 33.8 Å². The minimum atomic E-state index is -1.33. The number of amides is 1. The van der Waals surface area contributed by atoms with Gasteiger partial charge >= 0.3 is 12.1 Å². The summed E-state index contributed by atoms with van der Waals surface area (Å²) < 4.78 is 27.7. The van der Waals surface area contributed by atoms with Crippen LogP contribution in [0.5, 0.6) is 17.2 Å². The summed E-state index contributed by atoms with van der Waals surface area (Å²) >= 11 is 3.44. The Bertz CT molecular complexity index is 1100. The molecule has 0 fully saturated rings. The van der Waals surface area contributed by atoms with E-state index in [-0.39, 0.29) is 11.5 Å². The number of Topliss-reactive ketones (excluding diaryl/α,β-unsaturated/α-hetero) is 1. The van der Waals surface area contributed by atoms with Crippen molar-refractivity contribution in [1.82, 2.24) is 5.32 Å². The second-order valence-electron chi connectivity index (χ2n) is 8.02. The SMILES string of the molecule is CC[C@H](C)[C@@H](NC(=O)OC1C(=O)c2cc(OC)ccc2O[C@H]1c1ccc(OC)c(Br)c1)C(=O)OC. The molecule has 0 aromatic heterocycles. The molecule has 2 aromatic rings. The second-order valence-corrected chi connectivity index (χ2v) is 8.87. The number of esters is 1. The number of ether oxygens (including phenoxy) is 5. The van der Waals surface area contributed by atoms with Crippen LogP contribution in [0.3, 0.4) is 0 Å². The van der Waals surface area contributed by atoms with E-state index in [1.54, 1.807) is 37.3 Å². The number of carbonyl (C=O) groups is 3. The van der Waals surface area contributed by atoms with Gasteiger partial charge < -0.3 is 29.0 Å². The largest absolute Gasteiger partial charge is 0.497 e. The van der Waals surface area contributed by atoms with E-state index in [0.29, 0.717) is 33.7 Å². The van der Waals surface area contributed by atoms with E-state index in [9.17, 15) is 14.4 Å². The topological polar surface area (TPSA) is 109 Å². The number of carbonyl (C=O) groups excluding carboxylic acids is 3. The van der Waals surface area contributed by atoms with Crippen molar-refractivity contribution in [3.05, 3.63) is 52.0 Å². The Morgan fingerprint density at radius 3 is 2.46 bits per heavy atom. The van der Waals surface area contributed by atoms with Crippen molar-refractivity contribution < 1.29 is 38.1 Å². The van der Waals surface area contributed by atoms with Crippen LogP contribution in [0.4, 0.5) is 4.79 Å². The molecule has 0 aliphatic carbocycles. The van der Waals surface area contributed by atoms with E-state index in [1.807, 2.05) is 6.92 Å². The Hall–Kier alpha value is -3.27. The lowest BCUT2D eigenvalue weighted by Gasteiger charge is -2.33. The zero-order valence-corrected chi connectivity index (χ0v) is 21.7. The molecular weight excluding hydrogens is 522 g/mol. The molecule has 0 saturated heterocycles. The Morgan fingerprint density at radius 2 is 1.86 bits per heavy atom. The average Bonchev–Trinajstić information content (AvgIpc) is 2.87. The minimum absolute atomic E-state index is 0.216. The van der Waals surface area contributed by atoms with Gasteiger partial charge in [-0.1, -0.05) is 26.3 Å². The van der Waals surface area contributed by atoms with E-state index < -0.39 is 36.1 Å². The average molecular weight is 550 g/mol. The summed E-state index contributed by atoms with van der Waals surface area (Å²) in [6, 6.07) is 9.07. The first-order chi connectivity index (χ1) is 16.7. The highest BCUT2D eigenvalue weighted by Crippen LogP contribution is 2.40. The van der Waals surface area contributed by atoms with Gasteiger partial charge in [0.2, 0.25) is 11.9 Å². The Morgan fingerprint density at radius 1 is 1.11 bits per heavy atom. The highest BCUT2D eigenvalue weighted by atomic mass is 79.9. The molecule has 0 bridgehead atoms. The first-order valence-corrected chi connectivity index (χ1v) is 11.8. The van der Waals surface area contributed by atoms with E-state index in [2.05, 4.69) is 21.2 Å². The first kappa shape index (κ1) is 26.3. The van der Waals surface area contributed by atoms with Crippen LogP contribution < -0.4 is 19.5 Å². The molecular formula is C25H28BrNO8. The van der Waals surface area contributed by atoms with Gasteiger partial charge in [0.1, 0.15) is 23.3 Å². The van der Waals surface area contributed by atoms with Gasteiger partial charge in [0.15, 0.2) is 6.10 Å². The summed E-state index contributed by atoms with van der Waals surface area (Å²) in [4.78, 5) is 38.6. The molecule has 0 saturated carbocycles. The molecule has 0 spiro atoms. The maximum atomic E-state index is 13.5. The fourth-order valence-electron chi connectivity index (χ4n) is 3.71. The van der Waals surface area contributed by atoms with Crippen LogP contribution in [0.2, 0.25) is 0 Å². The lowest BCUT2D eigenvalue weighted by Crippen LogP contribution is -2.49. The zero-order chi connectivity index (χ0) is 25.7. The molecule has 2 aromatic carbocycles. The van der Waals surface area contributed by atoms with Gasteiger partial charge in [0, 0.05) is 0 Å². The predicted octanol–water partition coefficient (Wildman–Crippen LogP) is 4.47. The van der Waals surface area contributed by atoms with Gasteiger partial charge in [-0.2, -0.15) is 0 Å². The normalized spacial score (nSPS) is 18.4. The third-order valence-corrected chi connectivity index (χ3v) is 6.54. The quantitative estimate of drug-likeness (QED) is 0.480. The molecule has 10 heteroatoms. The summed E-state index contributed by atoms with van der Waals surface area (Å²) in [5, 5.41) is 2.54. The Labute approximate surface area is 212 Å². The van der Waals surface area contributed by atoms with E-state index >= 15 is 0 Å². The fraction of sp³-hybridized carbons (Fsp3) is 0.400. The summed E-state index contributed by atoms with van der Waals surface area (Å²) in [5.41, 5.74) is 0.800. The van der Waals surface area contributed by atoms with Crippen molar-refractivity contribution in [1.29, 1.82) is 0 Å². The number of methoxy groups -OCH3 is 3. The zero-order valence-electron chi connectivity index (χ0n) is 20.1. The lowest BCUT2D eigenvalue weighted by atomic mass is 9.93. The van der Waals surface area contributed by atoms with Crippen LogP contribution in [0.1, 0.15) is 42.3 Å². The highest BCUT2D eigenvalue weighted by Gasteiger charge is 2.42. The minimum Gasteiger partial charge on any atom is -0.497 e. The number of alkyl carbamates (subject to hydrolysis) is 1.